The largest absolute Gasteiger partial charge is 0.488 e. The number of pyridine rings is 1. The standard InChI is InChI=1S/C17H14BNO5/c20-17(21)14-8-7-12-4-2-6-15(16(12)19-14)24-10-11-3-1-5-13(9-11)18(22)23/h1-9,22-23H,10H2,(H,20,21). The van der Waals surface area contributed by atoms with Crippen LogP contribution < -0.4 is 10.2 Å². The first kappa shape index (κ1) is 16.0. The van der Waals surface area contributed by atoms with Crippen molar-refractivity contribution in [1.82, 2.24) is 4.98 Å². The molecule has 6 nitrogen and oxygen atoms in total. The van der Waals surface area contributed by atoms with Crippen LogP contribution in [-0.2, 0) is 6.61 Å². The quantitative estimate of drug-likeness (QED) is 0.610. The maximum absolute atomic E-state index is 11.1. The van der Waals surface area contributed by atoms with Gasteiger partial charge in [0.15, 0.2) is 0 Å². The minimum atomic E-state index is -1.54. The number of fused-ring (bicyclic) bond motifs is 1. The van der Waals surface area contributed by atoms with Crippen molar-refractivity contribution in [2.45, 2.75) is 6.61 Å². The van der Waals surface area contributed by atoms with E-state index in [9.17, 15) is 14.8 Å². The number of hydrogen-bond donors (Lipinski definition) is 3. The number of aromatic nitrogens is 1. The van der Waals surface area contributed by atoms with Gasteiger partial charge in [-0.1, -0.05) is 42.5 Å². The normalized spacial score (nSPS) is 10.6. The van der Waals surface area contributed by atoms with Gasteiger partial charge in [0.25, 0.3) is 0 Å². The minimum absolute atomic E-state index is 0.0519. The highest BCUT2D eigenvalue weighted by Gasteiger charge is 2.12. The molecule has 0 spiro atoms. The topological polar surface area (TPSA) is 99.9 Å². The molecule has 2 aromatic carbocycles. The number of carbonyl (C=O) groups is 1. The zero-order valence-electron chi connectivity index (χ0n) is 12.6. The van der Waals surface area contributed by atoms with Crippen LogP contribution in [0.4, 0.5) is 0 Å². The Labute approximate surface area is 138 Å². The molecule has 0 aliphatic carbocycles. The Morgan fingerprint density at radius 1 is 1.08 bits per heavy atom. The van der Waals surface area contributed by atoms with Crippen LogP contribution in [-0.4, -0.2) is 33.2 Å². The molecule has 3 aromatic rings. The molecule has 24 heavy (non-hydrogen) atoms. The average Bonchev–Trinajstić information content (AvgIpc) is 2.59. The molecule has 3 rings (SSSR count). The molecule has 1 aromatic heterocycles. The maximum atomic E-state index is 11.1. The molecule has 0 fully saturated rings. The van der Waals surface area contributed by atoms with Crippen molar-refractivity contribution in [1.29, 1.82) is 0 Å². The summed E-state index contributed by atoms with van der Waals surface area (Å²) in [5.74, 6) is -0.637. The summed E-state index contributed by atoms with van der Waals surface area (Å²) in [5.41, 5.74) is 1.55. The van der Waals surface area contributed by atoms with Gasteiger partial charge in [-0.2, -0.15) is 0 Å². The predicted octanol–water partition coefficient (Wildman–Crippen LogP) is 1.19. The van der Waals surface area contributed by atoms with E-state index in [4.69, 9.17) is 9.84 Å². The van der Waals surface area contributed by atoms with E-state index < -0.39 is 13.1 Å². The van der Waals surface area contributed by atoms with E-state index in [2.05, 4.69) is 4.98 Å². The first-order valence-corrected chi connectivity index (χ1v) is 7.25. The smallest absolute Gasteiger partial charge is 0.487 e. The number of rotatable bonds is 5. The number of nitrogens with zero attached hydrogens (tertiary/aromatic N) is 1. The molecule has 0 amide bonds. The molecule has 0 aliphatic heterocycles. The molecule has 1 heterocycles. The van der Waals surface area contributed by atoms with Crippen LogP contribution in [0.5, 0.6) is 5.75 Å². The summed E-state index contributed by atoms with van der Waals surface area (Å²) < 4.78 is 5.76. The second-order valence-corrected chi connectivity index (χ2v) is 5.24. The van der Waals surface area contributed by atoms with Crippen molar-refractivity contribution in [2.24, 2.45) is 0 Å². The number of ether oxygens (including phenoxy) is 1. The molecule has 0 saturated carbocycles. The first-order valence-electron chi connectivity index (χ1n) is 7.25. The molecule has 0 unspecified atom stereocenters. The summed E-state index contributed by atoms with van der Waals surface area (Å²) in [6, 6.07) is 15.2. The fourth-order valence-electron chi connectivity index (χ4n) is 2.36. The molecule has 0 radical (unpaired) electrons. The number of benzene rings is 2. The van der Waals surface area contributed by atoms with Crippen LogP contribution in [0.2, 0.25) is 0 Å². The van der Waals surface area contributed by atoms with E-state index in [0.29, 0.717) is 16.7 Å². The minimum Gasteiger partial charge on any atom is -0.487 e. The molecule has 120 valence electrons. The monoisotopic (exact) mass is 323 g/mol. The first-order chi connectivity index (χ1) is 11.5. The Morgan fingerprint density at radius 2 is 1.88 bits per heavy atom. The van der Waals surface area contributed by atoms with Gasteiger partial charge < -0.3 is 19.9 Å². The van der Waals surface area contributed by atoms with Gasteiger partial charge >= 0.3 is 13.1 Å². The van der Waals surface area contributed by atoms with Gasteiger partial charge in [-0.3, -0.25) is 0 Å². The Hall–Kier alpha value is -2.90. The molecule has 0 aliphatic rings. The average molecular weight is 323 g/mol. The molecule has 0 bridgehead atoms. The van der Waals surface area contributed by atoms with Gasteiger partial charge in [-0.05, 0) is 23.2 Å². The van der Waals surface area contributed by atoms with Crippen molar-refractivity contribution in [2.75, 3.05) is 0 Å². The van der Waals surface area contributed by atoms with Gasteiger partial charge in [-0.25, -0.2) is 9.78 Å². The van der Waals surface area contributed by atoms with Gasteiger partial charge in [-0.15, -0.1) is 0 Å². The van der Waals surface area contributed by atoms with Crippen LogP contribution in [0.1, 0.15) is 16.1 Å². The van der Waals surface area contributed by atoms with E-state index in [1.54, 1.807) is 42.5 Å². The lowest BCUT2D eigenvalue weighted by molar-refractivity contribution is 0.0691. The molecular weight excluding hydrogens is 309 g/mol. The second-order valence-electron chi connectivity index (χ2n) is 5.24. The van der Waals surface area contributed by atoms with Gasteiger partial charge in [0.1, 0.15) is 23.6 Å². The van der Waals surface area contributed by atoms with Crippen LogP contribution in [0, 0.1) is 0 Å². The van der Waals surface area contributed by atoms with E-state index >= 15 is 0 Å². The van der Waals surface area contributed by atoms with Crippen molar-refractivity contribution in [3.05, 3.63) is 65.9 Å². The molecular formula is C17H14BNO5. The Kier molecular flexibility index (Phi) is 4.46. The Morgan fingerprint density at radius 3 is 2.62 bits per heavy atom. The van der Waals surface area contributed by atoms with E-state index in [1.165, 1.54) is 6.07 Å². The van der Waals surface area contributed by atoms with Crippen molar-refractivity contribution < 1.29 is 24.7 Å². The summed E-state index contributed by atoms with van der Waals surface area (Å²) in [6.45, 7) is 0.193. The lowest BCUT2D eigenvalue weighted by Crippen LogP contribution is -2.29. The van der Waals surface area contributed by atoms with Crippen LogP contribution in [0.15, 0.2) is 54.6 Å². The molecule has 0 atom stereocenters. The van der Waals surface area contributed by atoms with Crippen LogP contribution >= 0.6 is 0 Å². The fourth-order valence-corrected chi connectivity index (χ4v) is 2.36. The lowest BCUT2D eigenvalue weighted by Gasteiger charge is -2.10. The van der Waals surface area contributed by atoms with E-state index in [1.807, 2.05) is 6.07 Å². The summed E-state index contributed by atoms with van der Waals surface area (Å²) in [4.78, 5) is 15.2. The third-order valence-corrected chi connectivity index (χ3v) is 3.55. The molecule has 7 heteroatoms. The number of carboxylic acids is 1. The van der Waals surface area contributed by atoms with E-state index in [-0.39, 0.29) is 12.3 Å². The number of carboxylic acid groups (broad SMARTS) is 1. The fraction of sp³-hybridized carbons (Fsp3) is 0.0588. The lowest BCUT2D eigenvalue weighted by atomic mass is 9.80. The highest BCUT2D eigenvalue weighted by molar-refractivity contribution is 6.58. The summed E-state index contributed by atoms with van der Waals surface area (Å²) in [7, 11) is -1.54. The number of hydrogen-bond acceptors (Lipinski definition) is 5. The zero-order chi connectivity index (χ0) is 17.1. The van der Waals surface area contributed by atoms with Gasteiger partial charge in [0.2, 0.25) is 0 Å². The number of aromatic carboxylic acids is 1. The number of para-hydroxylation sites is 1. The predicted molar refractivity (Wildman–Crippen MR) is 89.3 cm³/mol. The molecule has 3 N–H and O–H groups in total. The summed E-state index contributed by atoms with van der Waals surface area (Å²) in [6.07, 6.45) is 0. The van der Waals surface area contributed by atoms with E-state index in [0.717, 1.165) is 10.9 Å². The van der Waals surface area contributed by atoms with Crippen LogP contribution in [0.25, 0.3) is 10.9 Å². The van der Waals surface area contributed by atoms with Crippen molar-refractivity contribution >= 4 is 29.5 Å². The van der Waals surface area contributed by atoms with Gasteiger partial charge in [0.05, 0.1) is 0 Å². The van der Waals surface area contributed by atoms with Crippen molar-refractivity contribution in [3.8, 4) is 5.75 Å². The second kappa shape index (κ2) is 6.70. The zero-order valence-corrected chi connectivity index (χ0v) is 12.6. The Balaban J connectivity index is 1.88. The maximum Gasteiger partial charge on any atom is 0.488 e. The van der Waals surface area contributed by atoms with Crippen LogP contribution in [0.3, 0.4) is 0 Å². The third kappa shape index (κ3) is 3.37. The van der Waals surface area contributed by atoms with Crippen molar-refractivity contribution in [3.63, 3.8) is 0 Å². The molecule has 0 saturated heterocycles. The summed E-state index contributed by atoms with van der Waals surface area (Å²) in [5, 5.41) is 28.3. The highest BCUT2D eigenvalue weighted by Crippen LogP contribution is 2.24. The summed E-state index contributed by atoms with van der Waals surface area (Å²) >= 11 is 0. The highest BCUT2D eigenvalue weighted by atomic mass is 16.5. The Bertz CT molecular complexity index is 897. The SMILES string of the molecule is O=C(O)c1ccc2cccc(OCc3cccc(B(O)O)c3)c2n1. The van der Waals surface area contributed by atoms with Gasteiger partial charge in [0, 0.05) is 5.39 Å². The third-order valence-electron chi connectivity index (χ3n) is 3.55.